The quantitative estimate of drug-likeness (QED) is 0.707. The first-order valence-corrected chi connectivity index (χ1v) is 5.91. The van der Waals surface area contributed by atoms with Crippen LogP contribution in [0, 0.1) is 0 Å². The van der Waals surface area contributed by atoms with Gasteiger partial charge in [-0.2, -0.15) is 0 Å². The predicted molar refractivity (Wildman–Crippen MR) is 66.5 cm³/mol. The van der Waals surface area contributed by atoms with Crippen LogP contribution in [0.1, 0.15) is 25.7 Å². The number of carboxylic acid groups (broad SMARTS) is 1. The number of H-pyrrole nitrogens is 1. The minimum Gasteiger partial charge on any atom is -0.481 e. The molecule has 18 heavy (non-hydrogen) atoms. The Morgan fingerprint density at radius 3 is 3.11 bits per heavy atom. The van der Waals surface area contributed by atoms with Gasteiger partial charge in [-0.05, 0) is 19.3 Å². The van der Waals surface area contributed by atoms with Crippen LogP contribution in [0.5, 0.6) is 0 Å². The van der Waals surface area contributed by atoms with E-state index in [1.165, 1.54) is 6.33 Å². The van der Waals surface area contributed by atoms with Crippen LogP contribution in [0.4, 0.5) is 11.5 Å². The topological polar surface area (TPSA) is 112 Å². The normalized spacial score (nSPS) is 19.8. The van der Waals surface area contributed by atoms with Gasteiger partial charge in [-0.1, -0.05) is 0 Å². The van der Waals surface area contributed by atoms with Crippen molar-refractivity contribution in [2.45, 2.75) is 31.7 Å². The van der Waals surface area contributed by atoms with Gasteiger partial charge >= 0.3 is 5.97 Å². The average molecular weight is 252 g/mol. The molecule has 1 aromatic heterocycles. The van der Waals surface area contributed by atoms with E-state index in [1.54, 1.807) is 0 Å². The van der Waals surface area contributed by atoms with Crippen molar-refractivity contribution in [1.29, 1.82) is 0 Å². The highest BCUT2D eigenvalue weighted by Gasteiger charge is 2.27. The van der Waals surface area contributed by atoms with Crippen LogP contribution in [0.3, 0.4) is 0 Å². The zero-order chi connectivity index (χ0) is 13.1. The number of aromatic amines is 1. The molecule has 0 spiro atoms. The van der Waals surface area contributed by atoms with Gasteiger partial charge in [0.1, 0.15) is 5.69 Å². The number of piperidine rings is 1. The Morgan fingerprint density at radius 2 is 2.39 bits per heavy atom. The summed E-state index contributed by atoms with van der Waals surface area (Å²) in [6.07, 6.45) is 4.04. The molecule has 1 atom stereocenters. The molecule has 1 fully saturated rings. The molecule has 7 heteroatoms. The van der Waals surface area contributed by atoms with Gasteiger partial charge < -0.3 is 20.7 Å². The molecule has 1 aromatic rings. The molecule has 1 aliphatic heterocycles. The van der Waals surface area contributed by atoms with Crippen LogP contribution >= 0.6 is 0 Å². The average Bonchev–Trinajstić information content (AvgIpc) is 2.33. The first-order valence-electron chi connectivity index (χ1n) is 5.91. The second-order valence-corrected chi connectivity index (χ2v) is 4.41. The van der Waals surface area contributed by atoms with Gasteiger partial charge in [-0.15, -0.1) is 0 Å². The van der Waals surface area contributed by atoms with Crippen molar-refractivity contribution in [2.75, 3.05) is 17.2 Å². The molecule has 2 heterocycles. The van der Waals surface area contributed by atoms with Gasteiger partial charge in [-0.3, -0.25) is 9.59 Å². The number of aliphatic carboxylic acids is 1. The molecular formula is C11H16N4O3. The smallest absolute Gasteiger partial charge is 0.305 e. The number of nitrogen functional groups attached to an aromatic ring is 1. The van der Waals surface area contributed by atoms with E-state index in [1.807, 2.05) is 4.90 Å². The minimum absolute atomic E-state index is 0.0356. The van der Waals surface area contributed by atoms with E-state index in [0.717, 1.165) is 19.3 Å². The zero-order valence-electron chi connectivity index (χ0n) is 9.93. The van der Waals surface area contributed by atoms with E-state index in [4.69, 9.17) is 10.8 Å². The summed E-state index contributed by atoms with van der Waals surface area (Å²) in [6.45, 7) is 0.679. The molecule has 98 valence electrons. The first-order chi connectivity index (χ1) is 8.59. The van der Waals surface area contributed by atoms with E-state index in [2.05, 4.69) is 9.97 Å². The Hall–Kier alpha value is -2.05. The molecule has 1 saturated heterocycles. The van der Waals surface area contributed by atoms with Crippen molar-refractivity contribution in [3.05, 3.63) is 16.7 Å². The Bertz CT molecular complexity index is 499. The van der Waals surface area contributed by atoms with Gasteiger partial charge in [0.25, 0.3) is 5.56 Å². The van der Waals surface area contributed by atoms with Crippen LogP contribution in [0.2, 0.25) is 0 Å². The van der Waals surface area contributed by atoms with Crippen molar-refractivity contribution in [3.63, 3.8) is 0 Å². The molecule has 0 aliphatic carbocycles. The highest BCUT2D eigenvalue weighted by Crippen LogP contribution is 2.27. The third-order valence-electron chi connectivity index (χ3n) is 3.18. The minimum atomic E-state index is -0.852. The van der Waals surface area contributed by atoms with E-state index >= 15 is 0 Å². The highest BCUT2D eigenvalue weighted by atomic mass is 16.4. The number of nitrogens with two attached hydrogens (primary N) is 1. The van der Waals surface area contributed by atoms with Crippen LogP contribution < -0.4 is 16.2 Å². The third kappa shape index (κ3) is 2.44. The van der Waals surface area contributed by atoms with E-state index < -0.39 is 5.97 Å². The van der Waals surface area contributed by atoms with Gasteiger partial charge in [0.15, 0.2) is 5.82 Å². The van der Waals surface area contributed by atoms with Crippen LogP contribution in [0.15, 0.2) is 11.1 Å². The molecule has 2 rings (SSSR count). The van der Waals surface area contributed by atoms with Crippen LogP contribution in [-0.2, 0) is 4.79 Å². The van der Waals surface area contributed by atoms with Gasteiger partial charge in [0.2, 0.25) is 0 Å². The van der Waals surface area contributed by atoms with Crippen LogP contribution in [-0.4, -0.2) is 33.6 Å². The zero-order valence-corrected chi connectivity index (χ0v) is 9.93. The predicted octanol–water partition coefficient (Wildman–Crippen LogP) is 0.186. The third-order valence-corrected chi connectivity index (χ3v) is 3.18. The Kier molecular flexibility index (Phi) is 3.50. The summed E-state index contributed by atoms with van der Waals surface area (Å²) in [5.41, 5.74) is 5.37. The molecule has 0 aromatic carbocycles. The first kappa shape index (κ1) is 12.4. The lowest BCUT2D eigenvalue weighted by Gasteiger charge is -2.36. The molecule has 1 aliphatic rings. The van der Waals surface area contributed by atoms with Crippen molar-refractivity contribution in [3.8, 4) is 0 Å². The standard InChI is InChI=1S/C11H16N4O3/c12-9-10(13-6-14-11(9)18)15-4-2-1-3-7(15)5-8(16)17/h6-7H,1-5,12H2,(H,16,17)(H,13,14,18). The maximum Gasteiger partial charge on any atom is 0.305 e. The maximum atomic E-state index is 11.4. The molecule has 0 radical (unpaired) electrons. The summed E-state index contributed by atoms with van der Waals surface area (Å²) in [5.74, 6) is -0.458. The van der Waals surface area contributed by atoms with E-state index in [-0.39, 0.29) is 23.7 Å². The van der Waals surface area contributed by atoms with Gasteiger partial charge in [0, 0.05) is 12.6 Å². The number of rotatable bonds is 3. The summed E-state index contributed by atoms with van der Waals surface area (Å²) in [4.78, 5) is 30.6. The molecule has 4 N–H and O–H groups in total. The number of carbonyl (C=O) groups is 1. The maximum absolute atomic E-state index is 11.4. The fourth-order valence-electron chi connectivity index (χ4n) is 2.32. The second-order valence-electron chi connectivity index (χ2n) is 4.41. The molecule has 0 saturated carbocycles. The molecule has 0 amide bonds. The Morgan fingerprint density at radius 1 is 1.61 bits per heavy atom. The highest BCUT2D eigenvalue weighted by molar-refractivity contribution is 5.69. The molecule has 1 unspecified atom stereocenters. The van der Waals surface area contributed by atoms with E-state index in [0.29, 0.717) is 12.4 Å². The molecule has 7 nitrogen and oxygen atoms in total. The summed E-state index contributed by atoms with van der Waals surface area (Å²) < 4.78 is 0. The van der Waals surface area contributed by atoms with Crippen LogP contribution in [0.25, 0.3) is 0 Å². The summed E-state index contributed by atoms with van der Waals surface area (Å²) >= 11 is 0. The van der Waals surface area contributed by atoms with Gasteiger partial charge in [0.05, 0.1) is 12.7 Å². The Balaban J connectivity index is 2.30. The number of anilines is 2. The fraction of sp³-hybridized carbons (Fsp3) is 0.545. The number of hydrogen-bond donors (Lipinski definition) is 3. The lowest BCUT2D eigenvalue weighted by Crippen LogP contribution is -2.42. The molecule has 0 bridgehead atoms. The molecular weight excluding hydrogens is 236 g/mol. The van der Waals surface area contributed by atoms with Crippen molar-refractivity contribution in [2.24, 2.45) is 0 Å². The lowest BCUT2D eigenvalue weighted by molar-refractivity contribution is -0.137. The fourth-order valence-corrected chi connectivity index (χ4v) is 2.32. The number of nitrogens with zero attached hydrogens (tertiary/aromatic N) is 2. The number of aromatic nitrogens is 2. The van der Waals surface area contributed by atoms with Crippen molar-refractivity contribution < 1.29 is 9.90 Å². The lowest BCUT2D eigenvalue weighted by atomic mass is 9.99. The number of hydrogen-bond acceptors (Lipinski definition) is 5. The summed E-state index contributed by atoms with van der Waals surface area (Å²) in [6, 6.07) is -0.146. The summed E-state index contributed by atoms with van der Waals surface area (Å²) in [7, 11) is 0. The largest absolute Gasteiger partial charge is 0.481 e. The van der Waals surface area contributed by atoms with Crippen molar-refractivity contribution >= 4 is 17.5 Å². The van der Waals surface area contributed by atoms with Crippen molar-refractivity contribution in [1.82, 2.24) is 9.97 Å². The second kappa shape index (κ2) is 5.07. The summed E-state index contributed by atoms with van der Waals surface area (Å²) in [5, 5.41) is 8.91. The van der Waals surface area contributed by atoms with Gasteiger partial charge in [-0.25, -0.2) is 4.98 Å². The monoisotopic (exact) mass is 252 g/mol. The SMILES string of the molecule is Nc1c(N2CCCCC2CC(=O)O)nc[nH]c1=O. The van der Waals surface area contributed by atoms with E-state index in [9.17, 15) is 9.59 Å². The Labute approximate surface area is 104 Å². The number of nitrogens with one attached hydrogen (secondary N) is 1. The number of carboxylic acids is 1.